The maximum absolute atomic E-state index is 10.5. The lowest BCUT2D eigenvalue weighted by Gasteiger charge is -2.42. The predicted octanol–water partition coefficient (Wildman–Crippen LogP) is 0.547. The molecule has 0 radical (unpaired) electrons. The van der Waals surface area contributed by atoms with Gasteiger partial charge in [0.15, 0.2) is 23.0 Å². The van der Waals surface area contributed by atoms with Crippen LogP contribution in [0.4, 0.5) is 0 Å². The fourth-order valence-corrected chi connectivity index (χ4v) is 5.54. The van der Waals surface area contributed by atoms with Crippen molar-refractivity contribution in [3.05, 3.63) is 46.5 Å². The van der Waals surface area contributed by atoms with Crippen LogP contribution in [0.15, 0.2) is 24.3 Å². The highest BCUT2D eigenvalue weighted by Crippen LogP contribution is 2.46. The monoisotopic (exact) mass is 503 g/mol. The Labute approximate surface area is 209 Å². The van der Waals surface area contributed by atoms with E-state index >= 15 is 0 Å². The van der Waals surface area contributed by atoms with Gasteiger partial charge in [-0.25, -0.2) is 0 Å². The Balaban J connectivity index is 1.47. The summed E-state index contributed by atoms with van der Waals surface area (Å²) in [6.07, 6.45) is -5.25. The Kier molecular flexibility index (Phi) is 6.99. The van der Waals surface area contributed by atoms with Crippen LogP contribution in [0.3, 0.4) is 0 Å². The number of benzene rings is 2. The second kappa shape index (κ2) is 10.0. The van der Waals surface area contributed by atoms with Gasteiger partial charge >= 0.3 is 0 Å². The Morgan fingerprint density at radius 2 is 1.69 bits per heavy atom. The van der Waals surface area contributed by atoms with Crippen LogP contribution in [0.2, 0.25) is 0 Å². The van der Waals surface area contributed by atoms with Crippen LogP contribution in [-0.2, 0) is 24.1 Å². The molecule has 10 heteroatoms. The number of ether oxygens (including phenoxy) is 5. The van der Waals surface area contributed by atoms with Crippen molar-refractivity contribution in [2.24, 2.45) is 0 Å². The molecule has 0 amide bonds. The molecule has 3 aliphatic heterocycles. The zero-order valence-corrected chi connectivity index (χ0v) is 20.6. The van der Waals surface area contributed by atoms with E-state index in [-0.39, 0.29) is 6.04 Å². The van der Waals surface area contributed by atoms with Crippen LogP contribution in [-0.4, -0.2) is 90.5 Å². The van der Waals surface area contributed by atoms with E-state index in [0.717, 1.165) is 48.4 Å². The van der Waals surface area contributed by atoms with Gasteiger partial charge in [0, 0.05) is 24.7 Å². The first kappa shape index (κ1) is 25.1. The SMILES string of the molecule is COc1cc2c(cc1OC1OC(CO)C(O)C(O)C1O)C1Cc3ccc(OC)c(OC)c3CN1CC2. The molecule has 0 spiro atoms. The van der Waals surface area contributed by atoms with Crippen molar-refractivity contribution in [2.45, 2.75) is 56.1 Å². The number of methoxy groups -OCH3 is 3. The zero-order valence-electron chi connectivity index (χ0n) is 20.6. The highest BCUT2D eigenvalue weighted by Gasteiger charge is 2.45. The molecule has 3 aliphatic rings. The molecule has 2 aromatic rings. The van der Waals surface area contributed by atoms with Crippen molar-refractivity contribution in [1.82, 2.24) is 4.90 Å². The normalized spacial score (nSPS) is 29.5. The minimum absolute atomic E-state index is 0.0995. The third-order valence-corrected chi connectivity index (χ3v) is 7.51. The molecular weight excluding hydrogens is 470 g/mol. The Hall–Kier alpha value is -2.60. The van der Waals surface area contributed by atoms with E-state index in [9.17, 15) is 20.4 Å². The first-order valence-corrected chi connectivity index (χ1v) is 12.0. The third kappa shape index (κ3) is 4.17. The standard InChI is InChI=1S/C26H33NO9/c1-32-18-5-4-13-8-17-15-10-20(35-26-24(31)23(30)22(29)21(12-28)36-26)19(33-2)9-14(15)6-7-27(17)11-16(13)25(18)34-3/h4-5,9-10,17,21-24,26,28-31H,6-8,11-12H2,1-3H3. The summed E-state index contributed by atoms with van der Waals surface area (Å²) in [4.78, 5) is 2.40. The number of rotatable bonds is 6. The zero-order chi connectivity index (χ0) is 25.6. The molecule has 0 bridgehead atoms. The van der Waals surface area contributed by atoms with E-state index in [1.165, 1.54) is 12.7 Å². The van der Waals surface area contributed by atoms with Crippen molar-refractivity contribution < 1.29 is 44.1 Å². The lowest BCUT2D eigenvalue weighted by atomic mass is 9.83. The molecule has 6 atom stereocenters. The van der Waals surface area contributed by atoms with Crippen LogP contribution >= 0.6 is 0 Å². The van der Waals surface area contributed by atoms with Crippen molar-refractivity contribution in [3.8, 4) is 23.0 Å². The van der Waals surface area contributed by atoms with Crippen LogP contribution in [0.5, 0.6) is 23.0 Å². The molecule has 36 heavy (non-hydrogen) atoms. The molecule has 196 valence electrons. The van der Waals surface area contributed by atoms with E-state index in [0.29, 0.717) is 17.2 Å². The Morgan fingerprint density at radius 3 is 2.39 bits per heavy atom. The smallest absolute Gasteiger partial charge is 0.229 e. The highest BCUT2D eigenvalue weighted by atomic mass is 16.7. The van der Waals surface area contributed by atoms with Gasteiger partial charge in [-0.2, -0.15) is 0 Å². The number of aliphatic hydroxyl groups is 4. The molecule has 6 unspecified atom stereocenters. The largest absolute Gasteiger partial charge is 0.493 e. The van der Waals surface area contributed by atoms with Gasteiger partial charge in [0.1, 0.15) is 24.4 Å². The van der Waals surface area contributed by atoms with Crippen molar-refractivity contribution in [3.63, 3.8) is 0 Å². The van der Waals surface area contributed by atoms with E-state index in [2.05, 4.69) is 11.0 Å². The number of hydrogen-bond acceptors (Lipinski definition) is 10. The van der Waals surface area contributed by atoms with E-state index < -0.39 is 37.3 Å². The summed E-state index contributed by atoms with van der Waals surface area (Å²) >= 11 is 0. The van der Waals surface area contributed by atoms with Crippen molar-refractivity contribution >= 4 is 0 Å². The number of hydrogen-bond donors (Lipinski definition) is 4. The maximum atomic E-state index is 10.5. The van der Waals surface area contributed by atoms with Gasteiger partial charge in [0.2, 0.25) is 6.29 Å². The van der Waals surface area contributed by atoms with Gasteiger partial charge in [-0.15, -0.1) is 0 Å². The quantitative estimate of drug-likeness (QED) is 0.443. The van der Waals surface area contributed by atoms with Gasteiger partial charge in [0.05, 0.1) is 27.9 Å². The summed E-state index contributed by atoms with van der Waals surface area (Å²) in [5.41, 5.74) is 4.55. The molecule has 5 rings (SSSR count). The van der Waals surface area contributed by atoms with Crippen LogP contribution in [0.25, 0.3) is 0 Å². The lowest BCUT2D eigenvalue weighted by molar-refractivity contribution is -0.277. The highest BCUT2D eigenvalue weighted by molar-refractivity contribution is 5.54. The average molecular weight is 504 g/mol. The minimum Gasteiger partial charge on any atom is -0.493 e. The Bertz CT molecular complexity index is 1110. The molecule has 2 aromatic carbocycles. The molecule has 10 nitrogen and oxygen atoms in total. The molecule has 4 N–H and O–H groups in total. The first-order valence-electron chi connectivity index (χ1n) is 12.0. The second-order valence-corrected chi connectivity index (χ2v) is 9.40. The summed E-state index contributed by atoms with van der Waals surface area (Å²) < 4.78 is 28.3. The van der Waals surface area contributed by atoms with E-state index in [1.807, 2.05) is 18.2 Å². The fourth-order valence-electron chi connectivity index (χ4n) is 5.54. The van der Waals surface area contributed by atoms with E-state index in [4.69, 9.17) is 23.7 Å². The summed E-state index contributed by atoms with van der Waals surface area (Å²) in [5, 5.41) is 40.2. The van der Waals surface area contributed by atoms with Gasteiger partial charge in [-0.05, 0) is 47.7 Å². The van der Waals surface area contributed by atoms with Crippen LogP contribution < -0.4 is 18.9 Å². The molecule has 3 heterocycles. The first-order chi connectivity index (χ1) is 17.4. The summed E-state index contributed by atoms with van der Waals surface area (Å²) in [5.74, 6) is 2.30. The predicted molar refractivity (Wildman–Crippen MR) is 127 cm³/mol. The summed E-state index contributed by atoms with van der Waals surface area (Å²) in [6.45, 7) is 1.05. The molecular formula is C26H33NO9. The minimum atomic E-state index is -1.53. The molecule has 1 saturated heterocycles. The topological polar surface area (TPSA) is 130 Å². The molecule has 0 saturated carbocycles. The number of fused-ring (bicyclic) bond motifs is 4. The average Bonchev–Trinajstić information content (AvgIpc) is 2.91. The second-order valence-electron chi connectivity index (χ2n) is 9.40. The van der Waals surface area contributed by atoms with Crippen LogP contribution in [0, 0.1) is 0 Å². The summed E-state index contributed by atoms with van der Waals surface area (Å²) in [6, 6.07) is 7.95. The third-order valence-electron chi connectivity index (χ3n) is 7.51. The molecule has 0 aromatic heterocycles. The fraction of sp³-hybridized carbons (Fsp3) is 0.538. The molecule has 0 aliphatic carbocycles. The summed E-state index contributed by atoms with van der Waals surface area (Å²) in [7, 11) is 4.83. The van der Waals surface area contributed by atoms with Gasteiger partial charge in [-0.3, -0.25) is 4.90 Å². The van der Waals surface area contributed by atoms with Gasteiger partial charge in [0.25, 0.3) is 0 Å². The molecule has 1 fully saturated rings. The van der Waals surface area contributed by atoms with Crippen LogP contribution in [0.1, 0.15) is 28.3 Å². The lowest BCUT2D eigenvalue weighted by Crippen LogP contribution is -2.60. The van der Waals surface area contributed by atoms with Crippen molar-refractivity contribution in [1.29, 1.82) is 0 Å². The van der Waals surface area contributed by atoms with Gasteiger partial charge < -0.3 is 44.1 Å². The maximum Gasteiger partial charge on any atom is 0.229 e. The Morgan fingerprint density at radius 1 is 0.917 bits per heavy atom. The van der Waals surface area contributed by atoms with E-state index in [1.54, 1.807) is 14.2 Å². The van der Waals surface area contributed by atoms with Gasteiger partial charge in [-0.1, -0.05) is 6.07 Å². The van der Waals surface area contributed by atoms with Crippen molar-refractivity contribution in [2.75, 3.05) is 34.5 Å². The number of nitrogens with zero attached hydrogens (tertiary/aromatic N) is 1. The number of aliphatic hydroxyl groups excluding tert-OH is 4.